The van der Waals surface area contributed by atoms with Crippen LogP contribution in [0.4, 0.5) is 0 Å². The van der Waals surface area contributed by atoms with E-state index < -0.39 is 17.2 Å². The number of aromatic hydroxyl groups is 1. The molecule has 150 valence electrons. The number of carbonyl (C=O) groups is 1. The minimum Gasteiger partial charge on any atom is -0.508 e. The Morgan fingerprint density at radius 2 is 2.07 bits per heavy atom. The highest BCUT2D eigenvalue weighted by molar-refractivity contribution is 5.79. The molecule has 3 atom stereocenters. The Balaban J connectivity index is 1.97. The second-order valence-electron chi connectivity index (χ2n) is 8.67. The Labute approximate surface area is 161 Å². The van der Waals surface area contributed by atoms with Crippen molar-refractivity contribution >= 4 is 5.97 Å². The first-order chi connectivity index (χ1) is 12.7. The third-order valence-corrected chi connectivity index (χ3v) is 6.36. The summed E-state index contributed by atoms with van der Waals surface area (Å²) in [4.78, 5) is 12.2. The zero-order chi connectivity index (χ0) is 19.8. The van der Waals surface area contributed by atoms with E-state index in [1.54, 1.807) is 0 Å². The molecule has 3 rings (SSSR count). The van der Waals surface area contributed by atoms with E-state index in [4.69, 9.17) is 9.47 Å². The molecule has 2 aliphatic rings. The van der Waals surface area contributed by atoms with E-state index in [2.05, 4.69) is 20.8 Å². The number of unbranched alkanes of at least 4 members (excludes halogenated alkanes) is 2. The predicted molar refractivity (Wildman–Crippen MR) is 103 cm³/mol. The largest absolute Gasteiger partial charge is 0.508 e. The summed E-state index contributed by atoms with van der Waals surface area (Å²) in [6, 6.07) is 3.84. The first-order valence-electron chi connectivity index (χ1n) is 10.1. The van der Waals surface area contributed by atoms with Gasteiger partial charge in [0.1, 0.15) is 17.1 Å². The van der Waals surface area contributed by atoms with Gasteiger partial charge in [-0.25, -0.2) is 4.79 Å². The van der Waals surface area contributed by atoms with Crippen molar-refractivity contribution in [1.29, 1.82) is 0 Å². The van der Waals surface area contributed by atoms with Gasteiger partial charge in [0.2, 0.25) is 0 Å². The quantitative estimate of drug-likeness (QED) is 0.598. The number of rotatable bonds is 5. The number of hydrogen-bond donors (Lipinski definition) is 2. The number of carbonyl (C=O) groups excluding carboxylic acids is 1. The fourth-order valence-corrected chi connectivity index (χ4v) is 4.92. The molecule has 0 saturated heterocycles. The highest BCUT2D eigenvalue weighted by atomic mass is 16.5. The Hall–Kier alpha value is -1.75. The average Bonchev–Trinajstić information content (AvgIpc) is 2.60. The highest BCUT2D eigenvalue weighted by Crippen LogP contribution is 2.56. The van der Waals surface area contributed by atoms with Gasteiger partial charge in [-0.05, 0) is 63.6 Å². The van der Waals surface area contributed by atoms with E-state index in [0.29, 0.717) is 18.6 Å². The minimum absolute atomic E-state index is 0.117. The van der Waals surface area contributed by atoms with Gasteiger partial charge in [0, 0.05) is 17.4 Å². The molecule has 0 radical (unpaired) electrons. The van der Waals surface area contributed by atoms with Crippen LogP contribution in [0.5, 0.6) is 11.5 Å². The molecule has 27 heavy (non-hydrogen) atoms. The Kier molecular flexibility index (Phi) is 5.44. The summed E-state index contributed by atoms with van der Waals surface area (Å²) in [7, 11) is 1.30. The van der Waals surface area contributed by atoms with Crippen molar-refractivity contribution in [3.05, 3.63) is 23.3 Å². The monoisotopic (exact) mass is 376 g/mol. The average molecular weight is 376 g/mol. The number of fused-ring (bicyclic) bond motifs is 3. The third-order valence-electron chi connectivity index (χ3n) is 6.36. The summed E-state index contributed by atoms with van der Waals surface area (Å²) < 4.78 is 11.1. The van der Waals surface area contributed by atoms with Gasteiger partial charge >= 0.3 is 5.97 Å². The van der Waals surface area contributed by atoms with Crippen molar-refractivity contribution in [3.63, 3.8) is 0 Å². The lowest BCUT2D eigenvalue weighted by Gasteiger charge is -2.50. The van der Waals surface area contributed by atoms with Gasteiger partial charge in [0.15, 0.2) is 5.60 Å². The summed E-state index contributed by atoms with van der Waals surface area (Å²) in [5.74, 6) is 0.265. The zero-order valence-electron chi connectivity index (χ0n) is 16.9. The smallest absolute Gasteiger partial charge is 0.337 e. The molecule has 1 fully saturated rings. The van der Waals surface area contributed by atoms with Crippen molar-refractivity contribution in [2.45, 2.75) is 82.8 Å². The number of esters is 1. The first kappa shape index (κ1) is 20.0. The van der Waals surface area contributed by atoms with Crippen LogP contribution in [0.1, 0.15) is 76.3 Å². The summed E-state index contributed by atoms with van der Waals surface area (Å²) in [5, 5.41) is 21.7. The van der Waals surface area contributed by atoms with E-state index in [1.807, 2.05) is 12.1 Å². The topological polar surface area (TPSA) is 76.0 Å². The molecule has 1 heterocycles. The second-order valence-corrected chi connectivity index (χ2v) is 8.67. The van der Waals surface area contributed by atoms with Gasteiger partial charge in [-0.1, -0.05) is 19.8 Å². The van der Waals surface area contributed by atoms with Crippen molar-refractivity contribution in [3.8, 4) is 11.5 Å². The maximum Gasteiger partial charge on any atom is 0.337 e. The minimum atomic E-state index is -1.51. The van der Waals surface area contributed by atoms with Crippen LogP contribution in [0.3, 0.4) is 0 Å². The molecular formula is C22H32O5. The molecule has 1 aliphatic carbocycles. The van der Waals surface area contributed by atoms with Crippen molar-refractivity contribution in [2.24, 2.45) is 5.92 Å². The van der Waals surface area contributed by atoms with Gasteiger partial charge in [0.05, 0.1) is 7.11 Å². The van der Waals surface area contributed by atoms with Crippen LogP contribution in [0.25, 0.3) is 0 Å². The van der Waals surface area contributed by atoms with E-state index in [1.165, 1.54) is 7.11 Å². The summed E-state index contributed by atoms with van der Waals surface area (Å²) in [5.41, 5.74) is -0.148. The van der Waals surface area contributed by atoms with Crippen LogP contribution < -0.4 is 4.74 Å². The maximum atomic E-state index is 12.2. The number of hydrogen-bond acceptors (Lipinski definition) is 5. The molecule has 0 bridgehead atoms. The molecule has 1 aromatic rings. The van der Waals surface area contributed by atoms with E-state index >= 15 is 0 Å². The molecule has 5 heteroatoms. The van der Waals surface area contributed by atoms with Crippen LogP contribution in [0.15, 0.2) is 12.1 Å². The Bertz CT molecular complexity index is 711. The van der Waals surface area contributed by atoms with Crippen LogP contribution in [0.2, 0.25) is 0 Å². The number of aliphatic hydroxyl groups is 1. The van der Waals surface area contributed by atoms with Gasteiger partial charge in [0.25, 0.3) is 0 Å². The molecular weight excluding hydrogens is 344 g/mol. The standard InChI is InChI=1S/C22H32O5/c1-5-6-7-8-14-11-17(23)19-15-13-22(25,20(24)26-4)10-9-16(15)21(2,3)27-18(19)12-14/h11-12,15-16,23,25H,5-10,13H2,1-4H3/t15-,16-,22-/m1/s1. The zero-order valence-corrected chi connectivity index (χ0v) is 16.9. The fourth-order valence-electron chi connectivity index (χ4n) is 4.92. The van der Waals surface area contributed by atoms with E-state index in [9.17, 15) is 15.0 Å². The fraction of sp³-hybridized carbons (Fsp3) is 0.682. The molecule has 0 amide bonds. The van der Waals surface area contributed by atoms with Crippen molar-refractivity contribution in [1.82, 2.24) is 0 Å². The van der Waals surface area contributed by atoms with Crippen LogP contribution >= 0.6 is 0 Å². The molecule has 5 nitrogen and oxygen atoms in total. The number of phenols is 1. The molecule has 0 unspecified atom stereocenters. The lowest BCUT2D eigenvalue weighted by Crippen LogP contribution is -2.53. The number of benzene rings is 1. The van der Waals surface area contributed by atoms with Gasteiger partial charge in [-0.2, -0.15) is 0 Å². The molecule has 1 saturated carbocycles. The molecule has 1 aromatic carbocycles. The second kappa shape index (κ2) is 7.34. The summed E-state index contributed by atoms with van der Waals surface area (Å²) in [6.07, 6.45) is 5.51. The number of methoxy groups -OCH3 is 1. The van der Waals surface area contributed by atoms with Crippen molar-refractivity contribution < 1.29 is 24.5 Å². The molecule has 2 N–H and O–H groups in total. The van der Waals surface area contributed by atoms with Gasteiger partial charge in [-0.15, -0.1) is 0 Å². The molecule has 0 aromatic heterocycles. The third kappa shape index (κ3) is 3.66. The van der Waals surface area contributed by atoms with Crippen LogP contribution in [-0.2, 0) is 16.0 Å². The number of ether oxygens (including phenoxy) is 2. The van der Waals surface area contributed by atoms with Crippen molar-refractivity contribution in [2.75, 3.05) is 7.11 Å². The normalized spacial score (nSPS) is 28.6. The highest BCUT2D eigenvalue weighted by Gasteiger charge is 2.54. The molecule has 0 spiro atoms. The number of phenolic OH excluding ortho intramolecular Hbond substituents is 1. The summed E-state index contributed by atoms with van der Waals surface area (Å²) in [6.45, 7) is 6.27. The predicted octanol–water partition coefficient (Wildman–Crippen LogP) is 4.08. The van der Waals surface area contributed by atoms with E-state index in [0.717, 1.165) is 36.8 Å². The van der Waals surface area contributed by atoms with Crippen LogP contribution in [-0.4, -0.2) is 34.5 Å². The van der Waals surface area contributed by atoms with Gasteiger partial charge < -0.3 is 19.7 Å². The number of aryl methyl sites for hydroxylation is 1. The van der Waals surface area contributed by atoms with Gasteiger partial charge in [-0.3, -0.25) is 0 Å². The lowest BCUT2D eigenvalue weighted by atomic mass is 9.62. The summed E-state index contributed by atoms with van der Waals surface area (Å²) >= 11 is 0. The maximum absolute atomic E-state index is 12.2. The Morgan fingerprint density at radius 3 is 2.74 bits per heavy atom. The van der Waals surface area contributed by atoms with Crippen LogP contribution in [0, 0.1) is 5.92 Å². The SMILES string of the molecule is CCCCCc1cc(O)c2c(c1)OC(C)(C)[C@@H]1CC[C@](O)(C(=O)OC)C[C@@H]21. The Morgan fingerprint density at radius 1 is 1.33 bits per heavy atom. The first-order valence-corrected chi connectivity index (χ1v) is 10.1. The van der Waals surface area contributed by atoms with E-state index in [-0.39, 0.29) is 24.0 Å². The molecule has 1 aliphatic heterocycles. The lowest BCUT2D eigenvalue weighted by molar-refractivity contribution is -0.170.